The van der Waals surface area contributed by atoms with E-state index in [1.54, 1.807) is 0 Å². The third-order valence-corrected chi connectivity index (χ3v) is 2.79. The van der Waals surface area contributed by atoms with Crippen molar-refractivity contribution >= 4 is 0 Å². The van der Waals surface area contributed by atoms with Crippen molar-refractivity contribution in [3.63, 3.8) is 0 Å². The van der Waals surface area contributed by atoms with Gasteiger partial charge in [0.1, 0.15) is 0 Å². The van der Waals surface area contributed by atoms with Gasteiger partial charge in [-0.2, -0.15) is 5.11 Å². The fourth-order valence-corrected chi connectivity index (χ4v) is 1.62. The van der Waals surface area contributed by atoms with E-state index in [1.807, 2.05) is 0 Å². The Kier molecular flexibility index (Phi) is 2.57. The van der Waals surface area contributed by atoms with Crippen LogP contribution in [-0.2, 0) is 0 Å². The molecule has 74 valence electrons. The first kappa shape index (κ1) is 10.4. The van der Waals surface area contributed by atoms with Gasteiger partial charge in [0.05, 0.1) is 26.8 Å². The van der Waals surface area contributed by atoms with Crippen molar-refractivity contribution in [2.45, 2.75) is 32.4 Å². The zero-order valence-electron chi connectivity index (χ0n) is 9.33. The quantitative estimate of drug-likeness (QED) is 0.599. The van der Waals surface area contributed by atoms with Crippen LogP contribution in [0.4, 0.5) is 0 Å². The minimum absolute atomic E-state index is 0.120. The van der Waals surface area contributed by atoms with Crippen molar-refractivity contribution in [2.75, 3.05) is 21.1 Å². The van der Waals surface area contributed by atoms with Crippen LogP contribution in [0, 0.1) is 0 Å². The molecule has 0 radical (unpaired) electrons. The van der Waals surface area contributed by atoms with Crippen molar-refractivity contribution in [3.8, 4) is 0 Å². The number of azo groups is 1. The molecule has 0 bridgehead atoms. The van der Waals surface area contributed by atoms with Gasteiger partial charge >= 0.3 is 0 Å². The van der Waals surface area contributed by atoms with Crippen molar-refractivity contribution in [1.29, 1.82) is 0 Å². The van der Waals surface area contributed by atoms with Crippen LogP contribution in [0.5, 0.6) is 0 Å². The van der Waals surface area contributed by atoms with Crippen LogP contribution in [0.15, 0.2) is 22.0 Å². The number of likely N-dealkylation sites (N-methyl/N-ethyl adjacent to an activating group) is 1. The van der Waals surface area contributed by atoms with Crippen molar-refractivity contribution < 1.29 is 4.48 Å². The van der Waals surface area contributed by atoms with Gasteiger partial charge in [0, 0.05) is 12.5 Å². The van der Waals surface area contributed by atoms with Crippen LogP contribution in [0.25, 0.3) is 0 Å². The third-order valence-electron chi connectivity index (χ3n) is 2.79. The molecule has 3 nitrogen and oxygen atoms in total. The summed E-state index contributed by atoms with van der Waals surface area (Å²) in [5.74, 6) is 0. The topological polar surface area (TPSA) is 24.7 Å². The number of quaternary nitrogens is 1. The van der Waals surface area contributed by atoms with Crippen LogP contribution >= 0.6 is 0 Å². The molecule has 0 aromatic carbocycles. The summed E-state index contributed by atoms with van der Waals surface area (Å²) in [6.45, 7) is 4.28. The average Bonchev–Trinajstić information content (AvgIpc) is 2.47. The molecule has 0 amide bonds. The van der Waals surface area contributed by atoms with Gasteiger partial charge in [-0.1, -0.05) is 13.8 Å². The summed E-state index contributed by atoms with van der Waals surface area (Å²) in [7, 11) is 6.49. The number of hydrogen-bond acceptors (Lipinski definition) is 2. The minimum atomic E-state index is -0.120. The monoisotopic (exact) mass is 182 g/mol. The second-order valence-electron chi connectivity index (χ2n) is 4.43. The maximum atomic E-state index is 4.41. The molecule has 1 unspecified atom stereocenters. The largest absolute Gasteiger partial charge is 0.303 e. The maximum absolute atomic E-state index is 4.41. The molecule has 1 heterocycles. The fourth-order valence-electron chi connectivity index (χ4n) is 1.62. The van der Waals surface area contributed by atoms with Crippen LogP contribution in [-0.4, -0.2) is 31.3 Å². The highest BCUT2D eigenvalue weighted by atomic mass is 15.5. The Morgan fingerprint density at radius 3 is 2.15 bits per heavy atom. The second kappa shape index (κ2) is 3.22. The van der Waals surface area contributed by atoms with Crippen LogP contribution < -0.4 is 0 Å². The molecular weight excluding hydrogens is 162 g/mol. The molecule has 0 aromatic heterocycles. The lowest BCUT2D eigenvalue weighted by Crippen LogP contribution is -2.53. The lowest BCUT2D eigenvalue weighted by molar-refractivity contribution is -0.915. The molecule has 1 atom stereocenters. The van der Waals surface area contributed by atoms with Gasteiger partial charge in [0.25, 0.3) is 0 Å². The van der Waals surface area contributed by atoms with E-state index in [0.717, 1.165) is 23.0 Å². The summed E-state index contributed by atoms with van der Waals surface area (Å²) in [5, 5.41) is 8.63. The standard InChI is InChI=1S/C10H20N3/c1-6-9-8-10(7-2,12-11-9)13(3,4)5/h8H,6-7H2,1-5H3/q+1. The highest BCUT2D eigenvalue weighted by Gasteiger charge is 2.42. The Labute approximate surface area is 80.7 Å². The van der Waals surface area contributed by atoms with Crippen LogP contribution in [0.3, 0.4) is 0 Å². The fraction of sp³-hybridized carbons (Fsp3) is 0.800. The van der Waals surface area contributed by atoms with E-state index >= 15 is 0 Å². The van der Waals surface area contributed by atoms with Crippen LogP contribution in [0.2, 0.25) is 0 Å². The lowest BCUT2D eigenvalue weighted by atomic mass is 10.0. The zero-order valence-corrected chi connectivity index (χ0v) is 9.33. The molecule has 0 N–H and O–H groups in total. The predicted molar refractivity (Wildman–Crippen MR) is 54.3 cm³/mol. The van der Waals surface area contributed by atoms with Gasteiger partial charge in [-0.05, 0) is 6.42 Å². The van der Waals surface area contributed by atoms with Crippen molar-refractivity contribution in [2.24, 2.45) is 10.2 Å². The summed E-state index contributed by atoms with van der Waals surface area (Å²) in [6.07, 6.45) is 4.20. The number of rotatable bonds is 3. The lowest BCUT2D eigenvalue weighted by Gasteiger charge is -2.38. The Morgan fingerprint density at radius 1 is 1.31 bits per heavy atom. The van der Waals surface area contributed by atoms with Gasteiger partial charge in [-0.15, -0.1) is 5.11 Å². The molecule has 1 aliphatic rings. The molecule has 13 heavy (non-hydrogen) atoms. The molecule has 3 heteroatoms. The van der Waals surface area contributed by atoms with Gasteiger partial charge < -0.3 is 4.48 Å². The molecule has 0 spiro atoms. The van der Waals surface area contributed by atoms with E-state index in [1.165, 1.54) is 0 Å². The molecule has 0 saturated carbocycles. The van der Waals surface area contributed by atoms with E-state index in [9.17, 15) is 0 Å². The highest BCUT2D eigenvalue weighted by Crippen LogP contribution is 2.33. The Morgan fingerprint density at radius 2 is 1.92 bits per heavy atom. The molecule has 0 aromatic rings. The average molecular weight is 182 g/mol. The number of nitrogens with zero attached hydrogens (tertiary/aromatic N) is 3. The molecule has 1 rings (SSSR count). The van der Waals surface area contributed by atoms with E-state index < -0.39 is 0 Å². The summed E-state index contributed by atoms with van der Waals surface area (Å²) in [5.41, 5.74) is 1.00. The number of hydrogen-bond donors (Lipinski definition) is 0. The van der Waals surface area contributed by atoms with Gasteiger partial charge in [-0.3, -0.25) is 0 Å². The van der Waals surface area contributed by atoms with E-state index in [4.69, 9.17) is 0 Å². The van der Waals surface area contributed by atoms with Gasteiger partial charge in [0.2, 0.25) is 5.66 Å². The normalized spacial score (nSPS) is 27.9. The van der Waals surface area contributed by atoms with Crippen molar-refractivity contribution in [3.05, 3.63) is 11.8 Å². The molecule has 0 fully saturated rings. The summed E-state index contributed by atoms with van der Waals surface area (Å²) < 4.78 is 0.816. The minimum Gasteiger partial charge on any atom is -0.303 e. The maximum Gasteiger partial charge on any atom is 0.232 e. The van der Waals surface area contributed by atoms with Crippen molar-refractivity contribution in [1.82, 2.24) is 0 Å². The van der Waals surface area contributed by atoms with E-state index in [0.29, 0.717) is 0 Å². The second-order valence-corrected chi connectivity index (χ2v) is 4.43. The molecule has 1 aliphatic heterocycles. The molecule has 0 saturated heterocycles. The number of allylic oxidation sites excluding steroid dienone is 1. The molecular formula is C10H20N3+. The first-order chi connectivity index (χ1) is 5.95. The molecule has 0 aliphatic carbocycles. The summed E-state index contributed by atoms with van der Waals surface area (Å²) in [4.78, 5) is 0. The Balaban J connectivity index is 3.00. The van der Waals surface area contributed by atoms with Crippen LogP contribution in [0.1, 0.15) is 26.7 Å². The highest BCUT2D eigenvalue weighted by molar-refractivity contribution is 5.13. The van der Waals surface area contributed by atoms with Gasteiger partial charge in [0.15, 0.2) is 0 Å². The first-order valence-corrected chi connectivity index (χ1v) is 4.91. The summed E-state index contributed by atoms with van der Waals surface area (Å²) in [6, 6.07) is 0. The Hall–Kier alpha value is -0.700. The SMILES string of the molecule is CCC1=CC(CC)([N+](C)(C)C)N=N1. The first-order valence-electron chi connectivity index (χ1n) is 4.91. The Bertz CT molecular complexity index is 247. The predicted octanol–water partition coefficient (Wildman–Crippen LogP) is 2.56. The van der Waals surface area contributed by atoms with E-state index in [-0.39, 0.29) is 5.66 Å². The summed E-state index contributed by atoms with van der Waals surface area (Å²) >= 11 is 0. The zero-order chi connectivity index (χ0) is 10.1. The van der Waals surface area contributed by atoms with E-state index in [2.05, 4.69) is 51.3 Å². The smallest absolute Gasteiger partial charge is 0.232 e. The third kappa shape index (κ3) is 1.66. The van der Waals surface area contributed by atoms with Gasteiger partial charge in [-0.25, -0.2) is 0 Å².